The molecule has 0 aliphatic heterocycles. The molecule has 2 aromatic rings. The Morgan fingerprint density at radius 2 is 1.50 bits per heavy atom. The third-order valence-corrected chi connectivity index (χ3v) is 3.08. The molecule has 0 saturated heterocycles. The van der Waals surface area contributed by atoms with Gasteiger partial charge in [0.1, 0.15) is 5.75 Å². The Bertz CT molecular complexity index is 478. The quantitative estimate of drug-likeness (QED) is 0.630. The topological polar surface area (TPSA) is 9.23 Å². The van der Waals surface area contributed by atoms with E-state index in [4.69, 9.17) is 4.74 Å². The Morgan fingerprint density at radius 3 is 2.06 bits per heavy atom. The molecule has 0 heterocycles. The summed E-state index contributed by atoms with van der Waals surface area (Å²) in [6.07, 6.45) is 0. The van der Waals surface area contributed by atoms with Crippen LogP contribution in [0.4, 0.5) is 0 Å². The lowest BCUT2D eigenvalue weighted by molar-refractivity contribution is 0.415. The van der Waals surface area contributed by atoms with Crippen molar-refractivity contribution in [3.63, 3.8) is 0 Å². The van der Waals surface area contributed by atoms with Crippen LogP contribution in [-0.4, -0.2) is 7.11 Å². The van der Waals surface area contributed by atoms with E-state index in [0.717, 1.165) is 10.2 Å². The highest BCUT2D eigenvalue weighted by Gasteiger charge is 2.02. The fourth-order valence-electron chi connectivity index (χ4n) is 1.56. The van der Waals surface area contributed by atoms with Gasteiger partial charge in [-0.3, -0.25) is 0 Å². The van der Waals surface area contributed by atoms with Gasteiger partial charge in [0.25, 0.3) is 0 Å². The number of aryl methyl sites for hydroxylation is 1. The second kappa shape index (κ2) is 8.98. The highest BCUT2D eigenvalue weighted by Crippen LogP contribution is 2.29. The minimum atomic E-state index is 0.902. The van der Waals surface area contributed by atoms with E-state index in [1.165, 1.54) is 16.3 Å². The summed E-state index contributed by atoms with van der Waals surface area (Å²) in [5.41, 5.74) is 1.27. The van der Waals surface area contributed by atoms with Crippen molar-refractivity contribution in [2.24, 2.45) is 0 Å². The lowest BCUT2D eigenvalue weighted by Gasteiger charge is -2.06. The van der Waals surface area contributed by atoms with E-state index in [0.29, 0.717) is 0 Å². The first-order valence-electron chi connectivity index (χ1n) is 6.45. The molecule has 0 spiro atoms. The number of hydrogen-bond acceptors (Lipinski definition) is 1. The Labute approximate surface area is 119 Å². The summed E-state index contributed by atoms with van der Waals surface area (Å²) in [4.78, 5) is 0. The van der Waals surface area contributed by atoms with Crippen molar-refractivity contribution in [2.75, 3.05) is 7.11 Å². The third kappa shape index (κ3) is 4.02. The standard InChI is InChI=1S/C12H11BrO.2C2H6/c1-8-3-6-12(13)10-5-4-9(14-2)7-11(8)10;2*1-2/h3-7H,1-2H3;2*1-2H3. The van der Waals surface area contributed by atoms with Gasteiger partial charge < -0.3 is 4.74 Å². The Kier molecular flexibility index (Phi) is 8.47. The van der Waals surface area contributed by atoms with Gasteiger partial charge in [0.2, 0.25) is 0 Å². The van der Waals surface area contributed by atoms with Crippen LogP contribution in [0.2, 0.25) is 0 Å². The zero-order valence-electron chi connectivity index (χ0n) is 12.2. The molecule has 0 fully saturated rings. The fraction of sp³-hybridized carbons (Fsp3) is 0.375. The zero-order chi connectivity index (χ0) is 14.1. The van der Waals surface area contributed by atoms with Crippen LogP contribution in [0.5, 0.6) is 5.75 Å². The Hall–Kier alpha value is -1.02. The average Bonchev–Trinajstić information content (AvgIpc) is 2.47. The first-order chi connectivity index (χ1) is 8.72. The van der Waals surface area contributed by atoms with E-state index in [9.17, 15) is 0 Å². The number of ether oxygens (including phenoxy) is 1. The van der Waals surface area contributed by atoms with Gasteiger partial charge in [0.15, 0.2) is 0 Å². The molecular formula is C16H23BrO. The van der Waals surface area contributed by atoms with Crippen molar-refractivity contribution < 1.29 is 4.74 Å². The largest absolute Gasteiger partial charge is 0.497 e. The molecule has 18 heavy (non-hydrogen) atoms. The first kappa shape index (κ1) is 17.0. The average molecular weight is 311 g/mol. The number of halogens is 1. The van der Waals surface area contributed by atoms with Crippen LogP contribution in [-0.2, 0) is 0 Å². The van der Waals surface area contributed by atoms with Gasteiger partial charge in [-0.2, -0.15) is 0 Å². The maximum absolute atomic E-state index is 5.20. The molecule has 0 N–H and O–H groups in total. The molecule has 0 amide bonds. The maximum Gasteiger partial charge on any atom is 0.119 e. The van der Waals surface area contributed by atoms with Crippen molar-refractivity contribution in [1.29, 1.82) is 0 Å². The third-order valence-electron chi connectivity index (χ3n) is 2.39. The van der Waals surface area contributed by atoms with Gasteiger partial charge >= 0.3 is 0 Å². The summed E-state index contributed by atoms with van der Waals surface area (Å²) in [5, 5.41) is 2.46. The van der Waals surface area contributed by atoms with Crippen LogP contribution in [0.25, 0.3) is 10.8 Å². The molecule has 0 unspecified atom stereocenters. The van der Waals surface area contributed by atoms with Crippen molar-refractivity contribution in [3.05, 3.63) is 40.4 Å². The summed E-state index contributed by atoms with van der Waals surface area (Å²) in [6.45, 7) is 10.1. The van der Waals surface area contributed by atoms with E-state index in [1.54, 1.807) is 7.11 Å². The smallest absolute Gasteiger partial charge is 0.119 e. The monoisotopic (exact) mass is 310 g/mol. The molecule has 0 radical (unpaired) electrons. The normalized spacial score (nSPS) is 8.83. The van der Waals surface area contributed by atoms with Crippen LogP contribution in [0.1, 0.15) is 33.3 Å². The number of fused-ring (bicyclic) bond motifs is 1. The van der Waals surface area contributed by atoms with Gasteiger partial charge in [-0.15, -0.1) is 0 Å². The summed E-state index contributed by atoms with van der Waals surface area (Å²) in [5.74, 6) is 0.902. The minimum absolute atomic E-state index is 0.902. The highest BCUT2D eigenvalue weighted by molar-refractivity contribution is 9.10. The van der Waals surface area contributed by atoms with E-state index < -0.39 is 0 Å². The van der Waals surface area contributed by atoms with E-state index >= 15 is 0 Å². The van der Waals surface area contributed by atoms with E-state index in [-0.39, 0.29) is 0 Å². The summed E-state index contributed by atoms with van der Waals surface area (Å²) < 4.78 is 6.33. The predicted octanol–water partition coefficient (Wildman–Crippen LogP) is 5.97. The van der Waals surface area contributed by atoms with Crippen LogP contribution < -0.4 is 4.74 Å². The van der Waals surface area contributed by atoms with Gasteiger partial charge in [-0.1, -0.05) is 49.7 Å². The number of hydrogen-bond donors (Lipinski definition) is 0. The van der Waals surface area contributed by atoms with Crippen LogP contribution in [0.15, 0.2) is 34.8 Å². The Morgan fingerprint density at radius 1 is 0.889 bits per heavy atom. The fourth-order valence-corrected chi connectivity index (χ4v) is 2.04. The van der Waals surface area contributed by atoms with E-state index in [1.807, 2.05) is 33.8 Å². The second-order valence-electron chi connectivity index (χ2n) is 3.28. The summed E-state index contributed by atoms with van der Waals surface area (Å²) >= 11 is 3.54. The predicted molar refractivity (Wildman–Crippen MR) is 85.6 cm³/mol. The van der Waals surface area contributed by atoms with Crippen molar-refractivity contribution >= 4 is 26.7 Å². The molecule has 1 nitrogen and oxygen atoms in total. The van der Waals surface area contributed by atoms with Gasteiger partial charge in [-0.05, 0) is 47.5 Å². The van der Waals surface area contributed by atoms with Crippen LogP contribution in [0.3, 0.4) is 0 Å². The van der Waals surface area contributed by atoms with Crippen LogP contribution >= 0.6 is 15.9 Å². The van der Waals surface area contributed by atoms with Crippen molar-refractivity contribution in [1.82, 2.24) is 0 Å². The molecule has 100 valence electrons. The van der Waals surface area contributed by atoms with Gasteiger partial charge in [-0.25, -0.2) is 0 Å². The number of benzene rings is 2. The highest BCUT2D eigenvalue weighted by atomic mass is 79.9. The molecular weight excluding hydrogens is 288 g/mol. The molecule has 0 atom stereocenters. The molecule has 0 aliphatic carbocycles. The van der Waals surface area contributed by atoms with Crippen molar-refractivity contribution in [3.8, 4) is 5.75 Å². The minimum Gasteiger partial charge on any atom is -0.497 e. The first-order valence-corrected chi connectivity index (χ1v) is 7.24. The van der Waals surface area contributed by atoms with Crippen LogP contribution in [0, 0.1) is 6.92 Å². The molecule has 0 bridgehead atoms. The number of rotatable bonds is 1. The zero-order valence-corrected chi connectivity index (χ0v) is 13.8. The second-order valence-corrected chi connectivity index (χ2v) is 4.13. The maximum atomic E-state index is 5.20. The number of methoxy groups -OCH3 is 1. The van der Waals surface area contributed by atoms with Gasteiger partial charge in [0, 0.05) is 4.47 Å². The SMILES string of the molecule is CC.CC.COc1ccc2c(Br)ccc(C)c2c1. The molecule has 2 aromatic carbocycles. The Balaban J connectivity index is 0.000000659. The molecule has 0 aromatic heterocycles. The molecule has 2 heteroatoms. The van der Waals surface area contributed by atoms with Gasteiger partial charge in [0.05, 0.1) is 7.11 Å². The molecule has 2 rings (SSSR count). The van der Waals surface area contributed by atoms with E-state index in [2.05, 4.69) is 47.1 Å². The lowest BCUT2D eigenvalue weighted by Crippen LogP contribution is -1.84. The van der Waals surface area contributed by atoms with Crippen molar-refractivity contribution in [2.45, 2.75) is 34.6 Å². The molecule has 0 aliphatic rings. The summed E-state index contributed by atoms with van der Waals surface area (Å²) in [7, 11) is 1.69. The lowest BCUT2D eigenvalue weighted by atomic mass is 10.1. The molecule has 0 saturated carbocycles. The summed E-state index contributed by atoms with van der Waals surface area (Å²) in [6, 6.07) is 10.3.